The number of rotatable bonds is 5. The molecule has 126 valence electrons. The van der Waals surface area contributed by atoms with Crippen LogP contribution in [0.1, 0.15) is 35.2 Å². The van der Waals surface area contributed by atoms with Crippen LogP contribution in [-0.2, 0) is 6.54 Å². The molecule has 24 heavy (non-hydrogen) atoms. The average Bonchev–Trinajstić information content (AvgIpc) is 2.58. The van der Waals surface area contributed by atoms with Gasteiger partial charge in [-0.1, -0.05) is 30.3 Å². The van der Waals surface area contributed by atoms with Crippen LogP contribution in [0.3, 0.4) is 0 Å². The minimum Gasteiger partial charge on any atom is -0.399 e. The number of piperidine rings is 1. The normalized spacial score (nSPS) is 17.5. The predicted molar refractivity (Wildman–Crippen MR) is 95.7 cm³/mol. The van der Waals surface area contributed by atoms with E-state index >= 15 is 0 Å². The fourth-order valence-electron chi connectivity index (χ4n) is 3.22. The minimum atomic E-state index is -0.897. The van der Waals surface area contributed by atoms with E-state index in [1.165, 1.54) is 5.56 Å². The van der Waals surface area contributed by atoms with E-state index in [1.807, 2.05) is 18.2 Å². The van der Waals surface area contributed by atoms with Crippen molar-refractivity contribution < 1.29 is 9.90 Å². The number of benzene rings is 2. The topological polar surface area (TPSA) is 66.6 Å². The number of likely N-dealkylation sites (tertiary alicyclic amines) is 1. The SMILES string of the molecule is Nc1ccc(C(=O)CC2(O)CCN(Cc3ccccc3)CC2)cc1. The molecule has 0 unspecified atom stereocenters. The first kappa shape index (κ1) is 16.7. The van der Waals surface area contributed by atoms with Gasteiger partial charge in [0.15, 0.2) is 5.78 Å². The summed E-state index contributed by atoms with van der Waals surface area (Å²) in [6, 6.07) is 17.2. The lowest BCUT2D eigenvalue weighted by atomic mass is 9.85. The van der Waals surface area contributed by atoms with E-state index in [2.05, 4.69) is 17.0 Å². The van der Waals surface area contributed by atoms with E-state index in [4.69, 9.17) is 5.73 Å². The Hall–Kier alpha value is -2.17. The Morgan fingerprint density at radius 3 is 2.29 bits per heavy atom. The van der Waals surface area contributed by atoms with Gasteiger partial charge in [-0.25, -0.2) is 0 Å². The molecule has 2 aromatic rings. The second kappa shape index (κ2) is 7.16. The van der Waals surface area contributed by atoms with Gasteiger partial charge in [0.2, 0.25) is 0 Å². The number of carbonyl (C=O) groups excluding carboxylic acids is 1. The standard InChI is InChI=1S/C20H24N2O2/c21-18-8-6-17(7-9-18)19(23)14-20(24)10-12-22(13-11-20)15-16-4-2-1-3-5-16/h1-9,24H,10-15,21H2. The molecule has 3 N–H and O–H groups in total. The van der Waals surface area contributed by atoms with Crippen LogP contribution < -0.4 is 5.73 Å². The van der Waals surface area contributed by atoms with Crippen molar-refractivity contribution in [2.75, 3.05) is 18.8 Å². The zero-order valence-electron chi connectivity index (χ0n) is 13.8. The molecular formula is C20H24N2O2. The van der Waals surface area contributed by atoms with Gasteiger partial charge in [-0.05, 0) is 42.7 Å². The highest BCUT2D eigenvalue weighted by atomic mass is 16.3. The molecule has 0 aliphatic carbocycles. The zero-order chi connectivity index (χ0) is 17.0. The van der Waals surface area contributed by atoms with Crippen molar-refractivity contribution in [2.45, 2.75) is 31.4 Å². The van der Waals surface area contributed by atoms with E-state index in [0.717, 1.165) is 19.6 Å². The lowest BCUT2D eigenvalue weighted by molar-refractivity contribution is -0.0241. The van der Waals surface area contributed by atoms with Crippen molar-refractivity contribution >= 4 is 11.5 Å². The second-order valence-electron chi connectivity index (χ2n) is 6.71. The third-order valence-corrected chi connectivity index (χ3v) is 4.76. The Balaban J connectivity index is 1.54. The quantitative estimate of drug-likeness (QED) is 0.655. The molecular weight excluding hydrogens is 300 g/mol. The Morgan fingerprint density at radius 1 is 1.04 bits per heavy atom. The number of hydrogen-bond acceptors (Lipinski definition) is 4. The number of nitrogen functional groups attached to an aromatic ring is 1. The maximum Gasteiger partial charge on any atom is 0.165 e. The zero-order valence-corrected chi connectivity index (χ0v) is 13.8. The van der Waals surface area contributed by atoms with Gasteiger partial charge in [0.25, 0.3) is 0 Å². The number of ketones is 1. The summed E-state index contributed by atoms with van der Waals surface area (Å²) in [4.78, 5) is 14.7. The summed E-state index contributed by atoms with van der Waals surface area (Å²) in [5.74, 6) is -0.0194. The molecule has 1 saturated heterocycles. The van der Waals surface area contributed by atoms with E-state index in [-0.39, 0.29) is 12.2 Å². The van der Waals surface area contributed by atoms with Crippen molar-refractivity contribution in [1.82, 2.24) is 4.90 Å². The first-order chi connectivity index (χ1) is 11.5. The molecule has 1 aliphatic rings. The summed E-state index contributed by atoms with van der Waals surface area (Å²) in [6.07, 6.45) is 1.43. The first-order valence-corrected chi connectivity index (χ1v) is 8.41. The number of nitrogens with two attached hydrogens (primary N) is 1. The molecule has 1 heterocycles. The highest BCUT2D eigenvalue weighted by Crippen LogP contribution is 2.28. The van der Waals surface area contributed by atoms with Crippen LogP contribution in [0, 0.1) is 0 Å². The van der Waals surface area contributed by atoms with Crippen LogP contribution in [0.5, 0.6) is 0 Å². The summed E-state index contributed by atoms with van der Waals surface area (Å²) in [5, 5.41) is 10.8. The molecule has 0 saturated carbocycles. The first-order valence-electron chi connectivity index (χ1n) is 8.41. The lowest BCUT2D eigenvalue weighted by Crippen LogP contribution is -2.45. The Kier molecular flexibility index (Phi) is 4.97. The van der Waals surface area contributed by atoms with E-state index in [9.17, 15) is 9.90 Å². The van der Waals surface area contributed by atoms with Crippen molar-refractivity contribution in [3.05, 3.63) is 65.7 Å². The molecule has 4 nitrogen and oxygen atoms in total. The van der Waals surface area contributed by atoms with Gasteiger partial charge in [-0.3, -0.25) is 9.69 Å². The van der Waals surface area contributed by atoms with Crippen molar-refractivity contribution in [3.8, 4) is 0 Å². The molecule has 0 spiro atoms. The molecule has 0 aromatic heterocycles. The minimum absolute atomic E-state index is 0.0194. The summed E-state index contributed by atoms with van der Waals surface area (Å²) in [7, 11) is 0. The molecule has 0 amide bonds. The number of nitrogens with zero attached hydrogens (tertiary/aromatic N) is 1. The van der Waals surface area contributed by atoms with Gasteiger partial charge in [0.05, 0.1) is 5.60 Å². The van der Waals surface area contributed by atoms with Crippen molar-refractivity contribution in [3.63, 3.8) is 0 Å². The Labute approximate surface area is 142 Å². The summed E-state index contributed by atoms with van der Waals surface area (Å²) >= 11 is 0. The van der Waals surface area contributed by atoms with Crippen LogP contribution in [0.25, 0.3) is 0 Å². The Bertz CT molecular complexity index is 675. The third-order valence-electron chi connectivity index (χ3n) is 4.76. The van der Waals surface area contributed by atoms with E-state index in [1.54, 1.807) is 24.3 Å². The van der Waals surface area contributed by atoms with Gasteiger partial charge in [0.1, 0.15) is 0 Å². The van der Waals surface area contributed by atoms with Crippen LogP contribution in [0.15, 0.2) is 54.6 Å². The molecule has 0 atom stereocenters. The van der Waals surface area contributed by atoms with Gasteiger partial charge in [0, 0.05) is 37.3 Å². The lowest BCUT2D eigenvalue weighted by Gasteiger charge is -2.38. The van der Waals surface area contributed by atoms with Gasteiger partial charge >= 0.3 is 0 Å². The predicted octanol–water partition coefficient (Wildman–Crippen LogP) is 2.87. The molecule has 1 fully saturated rings. The fourth-order valence-corrected chi connectivity index (χ4v) is 3.22. The summed E-state index contributed by atoms with van der Waals surface area (Å²) in [5.41, 5.74) is 7.28. The highest BCUT2D eigenvalue weighted by Gasteiger charge is 2.34. The number of anilines is 1. The van der Waals surface area contributed by atoms with Crippen LogP contribution >= 0.6 is 0 Å². The van der Waals surface area contributed by atoms with Crippen LogP contribution in [0.2, 0.25) is 0 Å². The van der Waals surface area contributed by atoms with E-state index in [0.29, 0.717) is 24.1 Å². The molecule has 0 radical (unpaired) electrons. The van der Waals surface area contributed by atoms with Crippen LogP contribution in [0.4, 0.5) is 5.69 Å². The number of hydrogen-bond donors (Lipinski definition) is 2. The molecule has 2 aromatic carbocycles. The largest absolute Gasteiger partial charge is 0.399 e. The maximum atomic E-state index is 12.4. The van der Waals surface area contributed by atoms with E-state index < -0.39 is 5.60 Å². The summed E-state index contributed by atoms with van der Waals surface area (Å²) < 4.78 is 0. The van der Waals surface area contributed by atoms with Crippen molar-refractivity contribution in [1.29, 1.82) is 0 Å². The number of aliphatic hydroxyl groups is 1. The smallest absolute Gasteiger partial charge is 0.165 e. The molecule has 3 rings (SSSR count). The molecule has 4 heteroatoms. The van der Waals surface area contributed by atoms with Gasteiger partial charge < -0.3 is 10.8 Å². The second-order valence-corrected chi connectivity index (χ2v) is 6.71. The molecule has 1 aliphatic heterocycles. The van der Waals surface area contributed by atoms with Crippen molar-refractivity contribution in [2.24, 2.45) is 0 Å². The highest BCUT2D eigenvalue weighted by molar-refractivity contribution is 5.97. The maximum absolute atomic E-state index is 12.4. The third kappa shape index (κ3) is 4.22. The Morgan fingerprint density at radius 2 is 1.67 bits per heavy atom. The monoisotopic (exact) mass is 324 g/mol. The number of carbonyl (C=O) groups is 1. The fraction of sp³-hybridized carbons (Fsp3) is 0.350. The molecule has 0 bridgehead atoms. The number of Topliss-reactive ketones (excluding diaryl/α,β-unsaturated/α-hetero) is 1. The van der Waals surface area contributed by atoms with Gasteiger partial charge in [-0.15, -0.1) is 0 Å². The average molecular weight is 324 g/mol. The van der Waals surface area contributed by atoms with Crippen LogP contribution in [-0.4, -0.2) is 34.5 Å². The summed E-state index contributed by atoms with van der Waals surface area (Å²) in [6.45, 7) is 2.50. The van der Waals surface area contributed by atoms with Gasteiger partial charge in [-0.2, -0.15) is 0 Å².